The Balaban J connectivity index is 1.67. The van der Waals surface area contributed by atoms with Gasteiger partial charge in [0, 0.05) is 31.4 Å². The summed E-state index contributed by atoms with van der Waals surface area (Å²) >= 11 is 0. The average Bonchev–Trinajstić information content (AvgIpc) is 3.38. The van der Waals surface area contributed by atoms with Crippen LogP contribution in [0, 0.1) is 0 Å². The van der Waals surface area contributed by atoms with Crippen LogP contribution in [0.3, 0.4) is 0 Å². The van der Waals surface area contributed by atoms with E-state index in [1.807, 2.05) is 12.1 Å². The molecule has 1 aromatic carbocycles. The molecule has 1 atom stereocenters. The SMILES string of the molecule is O=C(NC1CC1)[C@@H]1Cc2ccccc2CN1c1cnccn1. The number of nitrogens with zero attached hydrogens (tertiary/aromatic N) is 3. The lowest BCUT2D eigenvalue weighted by molar-refractivity contribution is -0.122. The van der Waals surface area contributed by atoms with Crippen LogP contribution in [0.5, 0.6) is 0 Å². The first-order valence-corrected chi connectivity index (χ1v) is 7.71. The van der Waals surface area contributed by atoms with Crippen LogP contribution in [0.1, 0.15) is 24.0 Å². The summed E-state index contributed by atoms with van der Waals surface area (Å²) in [5.74, 6) is 0.857. The molecule has 1 aromatic heterocycles. The highest BCUT2D eigenvalue weighted by atomic mass is 16.2. The zero-order valence-electron chi connectivity index (χ0n) is 12.3. The quantitative estimate of drug-likeness (QED) is 0.936. The number of aromatic nitrogens is 2. The highest BCUT2D eigenvalue weighted by molar-refractivity contribution is 5.86. The van der Waals surface area contributed by atoms with Crippen LogP contribution < -0.4 is 10.2 Å². The molecular weight excluding hydrogens is 276 g/mol. The summed E-state index contributed by atoms with van der Waals surface area (Å²) in [5.41, 5.74) is 2.50. The van der Waals surface area contributed by atoms with Crippen molar-refractivity contribution in [1.82, 2.24) is 15.3 Å². The number of carbonyl (C=O) groups is 1. The van der Waals surface area contributed by atoms with E-state index >= 15 is 0 Å². The van der Waals surface area contributed by atoms with E-state index in [0.29, 0.717) is 19.0 Å². The van der Waals surface area contributed by atoms with E-state index in [0.717, 1.165) is 18.7 Å². The second-order valence-corrected chi connectivity index (χ2v) is 5.96. The van der Waals surface area contributed by atoms with E-state index < -0.39 is 0 Å². The maximum atomic E-state index is 12.6. The zero-order chi connectivity index (χ0) is 14.9. The number of benzene rings is 1. The number of amides is 1. The summed E-state index contributed by atoms with van der Waals surface area (Å²) in [6.07, 6.45) is 7.96. The lowest BCUT2D eigenvalue weighted by atomic mass is 9.93. The van der Waals surface area contributed by atoms with Crippen molar-refractivity contribution in [3.63, 3.8) is 0 Å². The first-order chi connectivity index (χ1) is 10.8. The van der Waals surface area contributed by atoms with Gasteiger partial charge in [0.15, 0.2) is 0 Å². The van der Waals surface area contributed by atoms with Crippen molar-refractivity contribution < 1.29 is 4.79 Å². The van der Waals surface area contributed by atoms with E-state index in [4.69, 9.17) is 0 Å². The van der Waals surface area contributed by atoms with Gasteiger partial charge in [0.25, 0.3) is 0 Å². The number of fused-ring (bicyclic) bond motifs is 1. The van der Waals surface area contributed by atoms with Gasteiger partial charge in [0.2, 0.25) is 5.91 Å². The van der Waals surface area contributed by atoms with Crippen molar-refractivity contribution in [2.45, 2.75) is 37.9 Å². The summed E-state index contributed by atoms with van der Waals surface area (Å²) in [6, 6.07) is 8.46. The minimum absolute atomic E-state index is 0.0997. The fraction of sp³-hybridized carbons (Fsp3) is 0.353. The molecule has 0 saturated heterocycles. The molecule has 1 aliphatic heterocycles. The molecule has 4 rings (SSSR count). The second kappa shape index (κ2) is 5.40. The van der Waals surface area contributed by atoms with Crippen LogP contribution >= 0.6 is 0 Å². The molecule has 1 N–H and O–H groups in total. The van der Waals surface area contributed by atoms with Gasteiger partial charge in [-0.15, -0.1) is 0 Å². The standard InChI is InChI=1S/C17H18N4O/c22-17(20-14-5-6-14)15-9-12-3-1-2-4-13(12)11-21(15)16-10-18-7-8-19-16/h1-4,7-8,10,14-15H,5-6,9,11H2,(H,20,22)/t15-/m0/s1. The van der Waals surface area contributed by atoms with Crippen LogP contribution in [-0.2, 0) is 17.8 Å². The fourth-order valence-electron chi connectivity index (χ4n) is 2.96. The predicted molar refractivity (Wildman–Crippen MR) is 83.3 cm³/mol. The van der Waals surface area contributed by atoms with Crippen LogP contribution in [0.4, 0.5) is 5.82 Å². The lowest BCUT2D eigenvalue weighted by Crippen LogP contribution is -2.51. The maximum absolute atomic E-state index is 12.6. The van der Waals surface area contributed by atoms with Crippen molar-refractivity contribution >= 4 is 11.7 Å². The van der Waals surface area contributed by atoms with E-state index in [2.05, 4.69) is 32.3 Å². The van der Waals surface area contributed by atoms with Gasteiger partial charge in [-0.1, -0.05) is 24.3 Å². The molecule has 0 spiro atoms. The molecule has 5 heteroatoms. The number of hydrogen-bond donors (Lipinski definition) is 1. The Hall–Kier alpha value is -2.43. The first-order valence-electron chi connectivity index (χ1n) is 7.71. The van der Waals surface area contributed by atoms with Gasteiger partial charge in [0.1, 0.15) is 11.9 Å². The van der Waals surface area contributed by atoms with E-state index in [9.17, 15) is 4.79 Å². The van der Waals surface area contributed by atoms with Gasteiger partial charge in [-0.2, -0.15) is 0 Å². The largest absolute Gasteiger partial charge is 0.352 e. The molecule has 1 saturated carbocycles. The third kappa shape index (κ3) is 2.54. The minimum atomic E-state index is -0.216. The van der Waals surface area contributed by atoms with Crippen molar-refractivity contribution in [3.8, 4) is 0 Å². The second-order valence-electron chi connectivity index (χ2n) is 5.96. The molecule has 0 unspecified atom stereocenters. The smallest absolute Gasteiger partial charge is 0.243 e. The normalized spacial score (nSPS) is 20.4. The third-order valence-electron chi connectivity index (χ3n) is 4.32. The number of carbonyl (C=O) groups excluding carboxylic acids is 1. The van der Waals surface area contributed by atoms with Crippen LogP contribution in [0.25, 0.3) is 0 Å². The van der Waals surface area contributed by atoms with Gasteiger partial charge in [0.05, 0.1) is 6.20 Å². The third-order valence-corrected chi connectivity index (χ3v) is 4.32. The Labute approximate surface area is 129 Å². The molecule has 2 aromatic rings. The topological polar surface area (TPSA) is 58.1 Å². The molecule has 112 valence electrons. The summed E-state index contributed by atoms with van der Waals surface area (Å²) in [7, 11) is 0. The molecule has 1 aliphatic carbocycles. The highest BCUT2D eigenvalue weighted by Gasteiger charge is 2.35. The molecule has 1 fully saturated rings. The summed E-state index contributed by atoms with van der Waals surface area (Å²) in [5, 5.41) is 3.13. The van der Waals surface area contributed by atoms with E-state index in [1.165, 1.54) is 11.1 Å². The number of anilines is 1. The molecule has 2 aliphatic rings. The number of nitrogens with one attached hydrogen (secondary N) is 1. The Bertz CT molecular complexity index is 684. The van der Waals surface area contributed by atoms with Gasteiger partial charge in [-0.3, -0.25) is 9.78 Å². The van der Waals surface area contributed by atoms with Crippen molar-refractivity contribution in [2.75, 3.05) is 4.90 Å². The molecule has 0 radical (unpaired) electrons. The fourth-order valence-corrected chi connectivity index (χ4v) is 2.96. The number of hydrogen-bond acceptors (Lipinski definition) is 4. The Morgan fingerprint density at radius 3 is 2.73 bits per heavy atom. The van der Waals surface area contributed by atoms with Gasteiger partial charge in [-0.05, 0) is 24.0 Å². The average molecular weight is 294 g/mol. The summed E-state index contributed by atoms with van der Waals surface area (Å²) in [6.45, 7) is 0.692. The highest BCUT2D eigenvalue weighted by Crippen LogP contribution is 2.28. The maximum Gasteiger partial charge on any atom is 0.243 e. The Morgan fingerprint density at radius 2 is 2.00 bits per heavy atom. The van der Waals surface area contributed by atoms with Crippen molar-refractivity contribution in [1.29, 1.82) is 0 Å². The van der Waals surface area contributed by atoms with E-state index in [1.54, 1.807) is 18.6 Å². The minimum Gasteiger partial charge on any atom is -0.352 e. The first kappa shape index (κ1) is 13.2. The van der Waals surface area contributed by atoms with Crippen molar-refractivity contribution in [2.24, 2.45) is 0 Å². The summed E-state index contributed by atoms with van der Waals surface area (Å²) in [4.78, 5) is 23.2. The van der Waals surface area contributed by atoms with Crippen molar-refractivity contribution in [3.05, 3.63) is 54.0 Å². The molecule has 1 amide bonds. The summed E-state index contributed by atoms with van der Waals surface area (Å²) < 4.78 is 0. The van der Waals surface area contributed by atoms with Gasteiger partial charge >= 0.3 is 0 Å². The predicted octanol–water partition coefficient (Wildman–Crippen LogP) is 1.69. The van der Waals surface area contributed by atoms with Crippen LogP contribution in [0.15, 0.2) is 42.9 Å². The van der Waals surface area contributed by atoms with E-state index in [-0.39, 0.29) is 11.9 Å². The molecular formula is C17H18N4O. The monoisotopic (exact) mass is 294 g/mol. The lowest BCUT2D eigenvalue weighted by Gasteiger charge is -2.36. The molecule has 2 heterocycles. The Kier molecular flexibility index (Phi) is 3.25. The Morgan fingerprint density at radius 1 is 1.18 bits per heavy atom. The number of rotatable bonds is 3. The molecule has 22 heavy (non-hydrogen) atoms. The van der Waals surface area contributed by atoms with Gasteiger partial charge in [-0.25, -0.2) is 4.98 Å². The molecule has 0 bridgehead atoms. The molecule has 5 nitrogen and oxygen atoms in total. The van der Waals surface area contributed by atoms with Crippen LogP contribution in [-0.4, -0.2) is 28.0 Å². The zero-order valence-corrected chi connectivity index (χ0v) is 12.3. The van der Waals surface area contributed by atoms with Gasteiger partial charge < -0.3 is 10.2 Å². The van der Waals surface area contributed by atoms with Crippen LogP contribution in [0.2, 0.25) is 0 Å².